The van der Waals surface area contributed by atoms with Crippen LogP contribution in [0.3, 0.4) is 0 Å². The maximum atomic E-state index is 15.0. The number of benzene rings is 1. The number of nitrogen functional groups attached to an aromatic ring is 1. The van der Waals surface area contributed by atoms with E-state index in [1.54, 1.807) is 7.05 Å². The van der Waals surface area contributed by atoms with Crippen molar-refractivity contribution in [3.05, 3.63) is 30.1 Å². The molecule has 1 aromatic carbocycles. The number of piperidine rings is 1. The SMILES string of the molecule is CNc1cc(F)c(F)c2c1[nH]c1nc(Oc3cnc(N)nc3)nc(N3C[C@@H]4[C@@H](N)[C@@H]4C3)c12. The van der Waals surface area contributed by atoms with Crippen LogP contribution in [0.1, 0.15) is 0 Å². The van der Waals surface area contributed by atoms with Gasteiger partial charge in [0.05, 0.1) is 34.4 Å². The molecule has 1 aliphatic heterocycles. The van der Waals surface area contributed by atoms with Crippen LogP contribution in [0.15, 0.2) is 18.5 Å². The van der Waals surface area contributed by atoms with Gasteiger partial charge in [0.1, 0.15) is 11.5 Å². The van der Waals surface area contributed by atoms with Crippen molar-refractivity contribution < 1.29 is 13.5 Å². The predicted octanol–water partition coefficient (Wildman–Crippen LogP) is 1.99. The number of hydrogen-bond donors (Lipinski definition) is 4. The molecule has 0 bridgehead atoms. The summed E-state index contributed by atoms with van der Waals surface area (Å²) in [4.78, 5) is 21.9. The summed E-state index contributed by atoms with van der Waals surface area (Å²) in [5.41, 5.74) is 12.7. The standard InChI is InChI=1S/C20H19F2N9O/c1-25-11-2-10(21)14(22)12-13-17(28-16(11)12)29-20(32-7-3-26-19(24)27-4-7)30-18(13)31-5-8-9(6-31)15(8)23/h2-4,8-9,15,25H,5-6,23H2,1H3,(H2,24,26,27)(H,28,29,30)/t8-,9+,15+. The lowest BCUT2D eigenvalue weighted by Crippen LogP contribution is -2.29. The highest BCUT2D eigenvalue weighted by Crippen LogP contribution is 2.47. The molecular formula is C20H19F2N9O. The first-order valence-electron chi connectivity index (χ1n) is 10.1. The van der Waals surface area contributed by atoms with Gasteiger partial charge in [-0.2, -0.15) is 9.97 Å². The second kappa shape index (κ2) is 6.60. The molecular weight excluding hydrogens is 420 g/mol. The molecule has 0 spiro atoms. The Morgan fingerprint density at radius 3 is 2.56 bits per heavy atom. The van der Waals surface area contributed by atoms with Gasteiger partial charge in [-0.25, -0.2) is 18.7 Å². The van der Waals surface area contributed by atoms with Gasteiger partial charge in [-0.3, -0.25) is 0 Å². The van der Waals surface area contributed by atoms with Crippen molar-refractivity contribution in [2.45, 2.75) is 6.04 Å². The summed E-state index contributed by atoms with van der Waals surface area (Å²) < 4.78 is 35.1. The average molecular weight is 439 g/mol. The minimum absolute atomic E-state index is 0.0178. The van der Waals surface area contributed by atoms with E-state index in [-0.39, 0.29) is 23.4 Å². The minimum atomic E-state index is -0.961. The molecule has 0 unspecified atom stereocenters. The highest BCUT2D eigenvalue weighted by molar-refractivity contribution is 6.15. The normalized spacial score (nSPS) is 21.9. The van der Waals surface area contributed by atoms with E-state index in [9.17, 15) is 4.39 Å². The average Bonchev–Trinajstić information content (AvgIpc) is 3.15. The molecule has 4 aromatic rings. The van der Waals surface area contributed by atoms with Gasteiger partial charge in [0.2, 0.25) is 5.95 Å². The predicted molar refractivity (Wildman–Crippen MR) is 115 cm³/mol. The summed E-state index contributed by atoms with van der Waals surface area (Å²) in [5.74, 6) is -0.353. The number of anilines is 3. The molecule has 2 fully saturated rings. The highest BCUT2D eigenvalue weighted by atomic mass is 19.2. The van der Waals surface area contributed by atoms with Crippen molar-refractivity contribution in [1.82, 2.24) is 24.9 Å². The molecule has 2 aliphatic rings. The van der Waals surface area contributed by atoms with Crippen LogP contribution in [0.5, 0.6) is 11.8 Å². The van der Waals surface area contributed by atoms with Crippen molar-refractivity contribution in [2.24, 2.45) is 17.6 Å². The first-order valence-corrected chi connectivity index (χ1v) is 10.1. The lowest BCUT2D eigenvalue weighted by Gasteiger charge is -2.21. The molecule has 0 amide bonds. The molecule has 6 rings (SSSR count). The number of nitrogens with one attached hydrogen (secondary N) is 2. The summed E-state index contributed by atoms with van der Waals surface area (Å²) in [6.07, 6.45) is 2.80. The van der Waals surface area contributed by atoms with E-state index in [0.29, 0.717) is 58.7 Å². The maximum Gasteiger partial charge on any atom is 0.326 e. The Balaban J connectivity index is 1.56. The second-order valence-electron chi connectivity index (χ2n) is 8.09. The fourth-order valence-corrected chi connectivity index (χ4v) is 4.56. The third kappa shape index (κ3) is 2.72. The van der Waals surface area contributed by atoms with Crippen LogP contribution in [-0.4, -0.2) is 51.1 Å². The van der Waals surface area contributed by atoms with Gasteiger partial charge in [-0.05, 0) is 11.8 Å². The van der Waals surface area contributed by atoms with E-state index < -0.39 is 11.6 Å². The quantitative estimate of drug-likeness (QED) is 0.375. The molecule has 4 heterocycles. The maximum absolute atomic E-state index is 15.0. The Kier molecular flexibility index (Phi) is 3.90. The van der Waals surface area contributed by atoms with Crippen molar-refractivity contribution in [1.29, 1.82) is 0 Å². The minimum Gasteiger partial charge on any atom is -0.421 e. The van der Waals surface area contributed by atoms with Gasteiger partial charge >= 0.3 is 6.01 Å². The first-order chi connectivity index (χ1) is 15.4. The summed E-state index contributed by atoms with van der Waals surface area (Å²) >= 11 is 0. The number of hydrogen-bond acceptors (Lipinski definition) is 9. The van der Waals surface area contributed by atoms with Crippen LogP contribution in [0.4, 0.5) is 26.2 Å². The second-order valence-corrected chi connectivity index (χ2v) is 8.09. The first kappa shape index (κ1) is 18.9. The molecule has 1 aliphatic carbocycles. The number of aromatic amines is 1. The van der Waals surface area contributed by atoms with Crippen LogP contribution in [0.2, 0.25) is 0 Å². The van der Waals surface area contributed by atoms with Crippen molar-refractivity contribution in [2.75, 3.05) is 36.1 Å². The molecule has 12 heteroatoms. The van der Waals surface area contributed by atoms with E-state index in [4.69, 9.17) is 16.2 Å². The van der Waals surface area contributed by atoms with Crippen molar-refractivity contribution in [3.8, 4) is 11.8 Å². The highest BCUT2D eigenvalue weighted by Gasteiger charge is 2.54. The van der Waals surface area contributed by atoms with E-state index >= 15 is 4.39 Å². The Morgan fingerprint density at radius 2 is 1.88 bits per heavy atom. The summed E-state index contributed by atoms with van der Waals surface area (Å²) in [7, 11) is 1.63. The van der Waals surface area contributed by atoms with Crippen LogP contribution in [-0.2, 0) is 0 Å². The van der Waals surface area contributed by atoms with Crippen LogP contribution >= 0.6 is 0 Å². The van der Waals surface area contributed by atoms with E-state index in [0.717, 1.165) is 6.07 Å². The lowest BCUT2D eigenvalue weighted by molar-refractivity contribution is 0.440. The van der Waals surface area contributed by atoms with E-state index in [2.05, 4.69) is 30.2 Å². The number of nitrogens with zero attached hydrogens (tertiary/aromatic N) is 5. The van der Waals surface area contributed by atoms with Gasteiger partial charge in [-0.1, -0.05) is 0 Å². The Bertz CT molecular complexity index is 1360. The number of rotatable bonds is 4. The number of halogens is 2. The third-order valence-electron chi connectivity index (χ3n) is 6.27. The zero-order valence-corrected chi connectivity index (χ0v) is 16.9. The Hall–Kier alpha value is -3.80. The monoisotopic (exact) mass is 439 g/mol. The summed E-state index contributed by atoms with van der Waals surface area (Å²) in [6, 6.07) is 1.29. The molecule has 32 heavy (non-hydrogen) atoms. The molecule has 3 atom stereocenters. The topological polar surface area (TPSA) is 144 Å². The van der Waals surface area contributed by atoms with E-state index in [1.165, 1.54) is 12.4 Å². The van der Waals surface area contributed by atoms with Crippen LogP contribution in [0.25, 0.3) is 21.9 Å². The van der Waals surface area contributed by atoms with Gasteiger partial charge in [0.15, 0.2) is 17.4 Å². The molecule has 164 valence electrons. The lowest BCUT2D eigenvalue weighted by atomic mass is 10.1. The van der Waals surface area contributed by atoms with Crippen molar-refractivity contribution in [3.63, 3.8) is 0 Å². The van der Waals surface area contributed by atoms with Gasteiger partial charge < -0.3 is 31.4 Å². The zero-order valence-electron chi connectivity index (χ0n) is 16.9. The summed E-state index contributed by atoms with van der Waals surface area (Å²) in [6.45, 7) is 1.34. The fraction of sp³-hybridized carbons (Fsp3) is 0.300. The number of H-pyrrole nitrogens is 1. The fourth-order valence-electron chi connectivity index (χ4n) is 4.56. The van der Waals surface area contributed by atoms with Gasteiger partial charge in [-0.15, -0.1) is 0 Å². The third-order valence-corrected chi connectivity index (χ3v) is 6.27. The molecule has 0 radical (unpaired) electrons. The molecule has 1 saturated heterocycles. The largest absolute Gasteiger partial charge is 0.421 e. The number of ether oxygens (including phenoxy) is 1. The number of aromatic nitrogens is 5. The number of nitrogens with two attached hydrogens (primary N) is 2. The summed E-state index contributed by atoms with van der Waals surface area (Å²) in [5, 5.41) is 3.37. The van der Waals surface area contributed by atoms with Gasteiger partial charge in [0.25, 0.3) is 0 Å². The molecule has 6 N–H and O–H groups in total. The zero-order chi connectivity index (χ0) is 22.1. The van der Waals surface area contributed by atoms with Crippen LogP contribution in [0, 0.1) is 23.5 Å². The Labute approximate surface area is 180 Å². The van der Waals surface area contributed by atoms with E-state index in [1.807, 2.05) is 4.90 Å². The smallest absolute Gasteiger partial charge is 0.326 e. The van der Waals surface area contributed by atoms with Gasteiger partial charge in [0, 0.05) is 32.2 Å². The molecule has 10 nitrogen and oxygen atoms in total. The number of fused-ring (bicyclic) bond motifs is 4. The molecule has 1 saturated carbocycles. The van der Waals surface area contributed by atoms with Crippen molar-refractivity contribution >= 4 is 39.4 Å². The molecule has 3 aromatic heterocycles. The Morgan fingerprint density at radius 1 is 1.16 bits per heavy atom. The van der Waals surface area contributed by atoms with Crippen LogP contribution < -0.4 is 26.4 Å².